The molecule has 0 bridgehead atoms. The fraction of sp³-hybridized carbons (Fsp3) is 0.524. The number of alkyl halides is 3. The van der Waals surface area contributed by atoms with E-state index in [2.05, 4.69) is 29.7 Å². The van der Waals surface area contributed by atoms with Crippen LogP contribution in [0.1, 0.15) is 16.9 Å². The van der Waals surface area contributed by atoms with Gasteiger partial charge in [0.2, 0.25) is 0 Å². The minimum Gasteiger partial charge on any atom is -0.467 e. The lowest BCUT2D eigenvalue weighted by Crippen LogP contribution is -2.39. The smallest absolute Gasteiger partial charge is 0.393 e. The average molecular weight is 465 g/mol. The highest BCUT2D eigenvalue weighted by molar-refractivity contribution is 7.18. The molecule has 2 fully saturated rings. The van der Waals surface area contributed by atoms with E-state index in [1.54, 1.807) is 25.6 Å². The average Bonchev–Trinajstić information content (AvgIpc) is 3.35. The highest BCUT2D eigenvalue weighted by Gasteiger charge is 2.38. The van der Waals surface area contributed by atoms with Gasteiger partial charge in [0, 0.05) is 49.0 Å². The second-order valence-electron chi connectivity index (χ2n) is 8.45. The Morgan fingerprint density at radius 3 is 2.62 bits per heavy atom. The summed E-state index contributed by atoms with van der Waals surface area (Å²) >= 11 is 1.10. The molecule has 0 N–H and O–H groups in total. The molecule has 2 saturated heterocycles. The molecular weight excluding hydrogens is 441 g/mol. The molecule has 2 atom stereocenters. The van der Waals surface area contributed by atoms with Crippen molar-refractivity contribution in [2.24, 2.45) is 11.8 Å². The summed E-state index contributed by atoms with van der Waals surface area (Å²) in [4.78, 5) is 22.6. The van der Waals surface area contributed by atoms with Gasteiger partial charge in [0.15, 0.2) is 0 Å². The standard InChI is InChI=1S/C21H23F3N6OS/c1-31-20-25-6-13(7-26-20)8-29-3-2-14-10-30(11-15(14)9-29)18-17-4-16(5-21(22,23)24)32-19(17)28-12-27-18/h4,6-7,12,14-15H,2-3,5,8-11H2,1H3/t14-,15+/m1/s1. The summed E-state index contributed by atoms with van der Waals surface area (Å²) in [6.45, 7) is 4.46. The second kappa shape index (κ2) is 8.43. The summed E-state index contributed by atoms with van der Waals surface area (Å²) in [5, 5.41) is 0.725. The van der Waals surface area contributed by atoms with Crippen molar-refractivity contribution >= 4 is 27.4 Å². The van der Waals surface area contributed by atoms with E-state index in [4.69, 9.17) is 4.74 Å². The Balaban J connectivity index is 1.28. The molecule has 170 valence electrons. The maximum Gasteiger partial charge on any atom is 0.393 e. The number of methoxy groups -OCH3 is 1. The summed E-state index contributed by atoms with van der Waals surface area (Å²) in [5.41, 5.74) is 1.05. The molecule has 2 aliphatic heterocycles. The van der Waals surface area contributed by atoms with E-state index in [1.165, 1.54) is 6.33 Å². The van der Waals surface area contributed by atoms with E-state index in [-0.39, 0.29) is 4.88 Å². The van der Waals surface area contributed by atoms with Gasteiger partial charge >= 0.3 is 12.2 Å². The van der Waals surface area contributed by atoms with Crippen LogP contribution in [0.3, 0.4) is 0 Å². The molecule has 5 rings (SSSR count). The first-order valence-corrected chi connectivity index (χ1v) is 11.3. The largest absolute Gasteiger partial charge is 0.467 e. The number of anilines is 1. The summed E-state index contributed by atoms with van der Waals surface area (Å²) < 4.78 is 43.6. The number of rotatable bonds is 5. The van der Waals surface area contributed by atoms with Gasteiger partial charge in [-0.05, 0) is 30.9 Å². The van der Waals surface area contributed by atoms with E-state index >= 15 is 0 Å². The molecule has 2 aliphatic rings. The number of likely N-dealkylation sites (tertiary alicyclic amines) is 1. The molecule has 7 nitrogen and oxygen atoms in total. The van der Waals surface area contributed by atoms with E-state index < -0.39 is 12.6 Å². The Kier molecular flexibility index (Phi) is 5.62. The molecule has 0 unspecified atom stereocenters. The maximum atomic E-state index is 12.8. The van der Waals surface area contributed by atoms with Crippen molar-refractivity contribution in [3.8, 4) is 6.01 Å². The third-order valence-corrected chi connectivity index (χ3v) is 7.23. The van der Waals surface area contributed by atoms with Gasteiger partial charge in [0.05, 0.1) is 18.9 Å². The van der Waals surface area contributed by atoms with Crippen LogP contribution >= 0.6 is 11.3 Å². The lowest BCUT2D eigenvalue weighted by atomic mass is 9.88. The van der Waals surface area contributed by atoms with Gasteiger partial charge in [-0.15, -0.1) is 11.3 Å². The summed E-state index contributed by atoms with van der Waals surface area (Å²) in [7, 11) is 1.55. The van der Waals surface area contributed by atoms with Crippen LogP contribution in [0, 0.1) is 11.8 Å². The molecule has 3 aromatic rings. The molecule has 0 radical (unpaired) electrons. The van der Waals surface area contributed by atoms with E-state index in [0.29, 0.717) is 22.7 Å². The van der Waals surface area contributed by atoms with Gasteiger partial charge in [0.25, 0.3) is 0 Å². The number of hydrogen-bond acceptors (Lipinski definition) is 8. The number of halogens is 3. The number of thiophene rings is 1. The molecule has 32 heavy (non-hydrogen) atoms. The lowest BCUT2D eigenvalue weighted by Gasteiger charge is -2.34. The van der Waals surface area contributed by atoms with Gasteiger partial charge in [-0.1, -0.05) is 0 Å². The first kappa shape index (κ1) is 21.3. The third-order valence-electron chi connectivity index (χ3n) is 6.19. The van der Waals surface area contributed by atoms with Crippen LogP contribution in [0.15, 0.2) is 24.8 Å². The highest BCUT2D eigenvalue weighted by Crippen LogP contribution is 2.38. The van der Waals surface area contributed by atoms with Crippen LogP contribution in [-0.4, -0.2) is 64.3 Å². The number of fused-ring (bicyclic) bond motifs is 2. The molecule has 0 amide bonds. The van der Waals surface area contributed by atoms with E-state index in [1.807, 2.05) is 0 Å². The molecule has 0 aliphatic carbocycles. The zero-order valence-corrected chi connectivity index (χ0v) is 18.4. The van der Waals surface area contributed by atoms with Gasteiger partial charge in [0.1, 0.15) is 17.0 Å². The van der Waals surface area contributed by atoms with Gasteiger partial charge in [-0.3, -0.25) is 4.90 Å². The van der Waals surface area contributed by atoms with Crippen molar-refractivity contribution < 1.29 is 17.9 Å². The predicted molar refractivity (Wildman–Crippen MR) is 115 cm³/mol. The lowest BCUT2D eigenvalue weighted by molar-refractivity contribution is -0.126. The topological polar surface area (TPSA) is 67.3 Å². The molecule has 3 aromatic heterocycles. The molecule has 11 heteroatoms. The quantitative estimate of drug-likeness (QED) is 0.572. The Morgan fingerprint density at radius 1 is 1.09 bits per heavy atom. The predicted octanol–water partition coefficient (Wildman–Crippen LogP) is 3.55. The Bertz CT molecular complexity index is 1090. The second-order valence-corrected chi connectivity index (χ2v) is 9.56. The molecule has 5 heterocycles. The molecule has 0 saturated carbocycles. The summed E-state index contributed by atoms with van der Waals surface area (Å²) in [6, 6.07) is 1.97. The zero-order chi connectivity index (χ0) is 22.3. The number of nitrogens with zero attached hydrogens (tertiary/aromatic N) is 6. The minimum atomic E-state index is -4.23. The van der Waals surface area contributed by atoms with Crippen LogP contribution in [0.4, 0.5) is 19.0 Å². The molecular formula is C21H23F3N6OS. The third kappa shape index (κ3) is 4.49. The van der Waals surface area contributed by atoms with Crippen molar-refractivity contribution in [1.29, 1.82) is 0 Å². The molecule has 0 aromatic carbocycles. The van der Waals surface area contributed by atoms with Gasteiger partial charge < -0.3 is 9.64 Å². The summed E-state index contributed by atoms with van der Waals surface area (Å²) in [6.07, 6.45) is 0.980. The summed E-state index contributed by atoms with van der Waals surface area (Å²) in [5.74, 6) is 1.79. The monoisotopic (exact) mass is 464 g/mol. The fourth-order valence-electron chi connectivity index (χ4n) is 4.78. The number of piperidine rings is 1. The van der Waals surface area contributed by atoms with Crippen molar-refractivity contribution in [3.63, 3.8) is 0 Å². The van der Waals surface area contributed by atoms with Crippen molar-refractivity contribution in [1.82, 2.24) is 24.8 Å². The Labute approximate surface area is 187 Å². The van der Waals surface area contributed by atoms with Crippen LogP contribution in [0.2, 0.25) is 0 Å². The fourth-order valence-corrected chi connectivity index (χ4v) is 5.80. The van der Waals surface area contributed by atoms with Crippen LogP contribution < -0.4 is 9.64 Å². The Hall–Kier alpha value is -2.53. The van der Waals surface area contributed by atoms with E-state index in [0.717, 1.165) is 67.2 Å². The number of ether oxygens (including phenoxy) is 1. The number of hydrogen-bond donors (Lipinski definition) is 0. The normalized spacial score (nSPS) is 21.8. The SMILES string of the molecule is COc1ncc(CN2CC[C@@H]3CN(c4ncnc5sc(CC(F)(F)F)cc45)C[C@@H]3C2)cn1. The number of aromatic nitrogens is 4. The first-order valence-electron chi connectivity index (χ1n) is 10.5. The van der Waals surface area contributed by atoms with Crippen LogP contribution in [0.25, 0.3) is 10.2 Å². The Morgan fingerprint density at radius 2 is 1.88 bits per heavy atom. The van der Waals surface area contributed by atoms with Crippen molar-refractivity contribution in [2.45, 2.75) is 25.6 Å². The van der Waals surface area contributed by atoms with Crippen LogP contribution in [-0.2, 0) is 13.0 Å². The van der Waals surface area contributed by atoms with Crippen molar-refractivity contribution in [3.05, 3.63) is 35.2 Å². The zero-order valence-electron chi connectivity index (χ0n) is 17.5. The minimum absolute atomic E-state index is 0.277. The van der Waals surface area contributed by atoms with Gasteiger partial charge in [-0.2, -0.15) is 13.2 Å². The maximum absolute atomic E-state index is 12.8. The van der Waals surface area contributed by atoms with Crippen LogP contribution in [0.5, 0.6) is 6.01 Å². The van der Waals surface area contributed by atoms with Gasteiger partial charge in [-0.25, -0.2) is 19.9 Å². The molecule has 0 spiro atoms. The van der Waals surface area contributed by atoms with Crippen molar-refractivity contribution in [2.75, 3.05) is 38.2 Å². The van der Waals surface area contributed by atoms with E-state index in [9.17, 15) is 13.2 Å². The highest BCUT2D eigenvalue weighted by atomic mass is 32.1. The first-order chi connectivity index (χ1) is 15.4.